The first-order valence-corrected chi connectivity index (χ1v) is 6.28. The molecule has 1 saturated carbocycles. The SMILES string of the molecule is CC1CCC(Nc2ccc(F)cc2F)C(C)C1. The first-order valence-electron chi connectivity index (χ1n) is 6.28. The second-order valence-corrected chi connectivity index (χ2v) is 5.27. The summed E-state index contributed by atoms with van der Waals surface area (Å²) in [5, 5.41) is 3.20. The molecule has 1 fully saturated rings. The summed E-state index contributed by atoms with van der Waals surface area (Å²) in [6.07, 6.45) is 3.39. The van der Waals surface area contributed by atoms with E-state index in [0.717, 1.165) is 18.4 Å². The molecule has 0 radical (unpaired) electrons. The van der Waals surface area contributed by atoms with Crippen LogP contribution in [0, 0.1) is 23.5 Å². The van der Waals surface area contributed by atoms with Crippen LogP contribution in [0.2, 0.25) is 0 Å². The average molecular weight is 239 g/mol. The smallest absolute Gasteiger partial charge is 0.149 e. The van der Waals surface area contributed by atoms with Crippen molar-refractivity contribution in [3.05, 3.63) is 29.8 Å². The standard InChI is InChI=1S/C14H19F2N/c1-9-3-5-13(10(2)7-9)17-14-6-4-11(15)8-12(14)16/h4,6,8-10,13,17H,3,5,7H2,1-2H3. The van der Waals surface area contributed by atoms with Crippen molar-refractivity contribution in [2.75, 3.05) is 5.32 Å². The van der Waals surface area contributed by atoms with E-state index in [1.807, 2.05) is 0 Å². The molecule has 94 valence electrons. The Morgan fingerprint density at radius 1 is 1.18 bits per heavy atom. The molecule has 3 heteroatoms. The fraction of sp³-hybridized carbons (Fsp3) is 0.571. The molecule has 17 heavy (non-hydrogen) atoms. The summed E-state index contributed by atoms with van der Waals surface area (Å²) in [6, 6.07) is 4.00. The number of hydrogen-bond acceptors (Lipinski definition) is 1. The topological polar surface area (TPSA) is 12.0 Å². The summed E-state index contributed by atoms with van der Waals surface area (Å²) in [7, 11) is 0. The highest BCUT2D eigenvalue weighted by Gasteiger charge is 2.25. The van der Waals surface area contributed by atoms with Crippen LogP contribution in [0.1, 0.15) is 33.1 Å². The zero-order chi connectivity index (χ0) is 12.4. The van der Waals surface area contributed by atoms with Crippen molar-refractivity contribution in [3.8, 4) is 0 Å². The molecule has 0 saturated heterocycles. The second kappa shape index (κ2) is 5.03. The average Bonchev–Trinajstić information content (AvgIpc) is 2.25. The molecule has 0 aliphatic heterocycles. The van der Waals surface area contributed by atoms with E-state index in [0.29, 0.717) is 17.6 Å². The number of rotatable bonds is 2. The van der Waals surface area contributed by atoms with Gasteiger partial charge in [-0.05, 0) is 43.2 Å². The van der Waals surface area contributed by atoms with Gasteiger partial charge in [0.05, 0.1) is 5.69 Å². The van der Waals surface area contributed by atoms with Gasteiger partial charge < -0.3 is 5.32 Å². The summed E-state index contributed by atoms with van der Waals surface area (Å²) >= 11 is 0. The Bertz CT molecular complexity index is 392. The number of anilines is 1. The maximum Gasteiger partial charge on any atom is 0.149 e. The van der Waals surface area contributed by atoms with Crippen molar-refractivity contribution in [1.29, 1.82) is 0 Å². The van der Waals surface area contributed by atoms with E-state index < -0.39 is 11.6 Å². The van der Waals surface area contributed by atoms with Gasteiger partial charge in [0.1, 0.15) is 11.6 Å². The lowest BCUT2D eigenvalue weighted by Crippen LogP contribution is -2.33. The van der Waals surface area contributed by atoms with Crippen molar-refractivity contribution in [2.24, 2.45) is 11.8 Å². The van der Waals surface area contributed by atoms with E-state index in [1.54, 1.807) is 0 Å². The van der Waals surface area contributed by atoms with Crippen molar-refractivity contribution in [1.82, 2.24) is 0 Å². The number of nitrogens with one attached hydrogen (secondary N) is 1. The fourth-order valence-corrected chi connectivity index (χ4v) is 2.69. The summed E-state index contributed by atoms with van der Waals surface area (Å²) in [5.74, 6) is 0.249. The molecule has 1 aromatic carbocycles. The van der Waals surface area contributed by atoms with Crippen molar-refractivity contribution >= 4 is 5.69 Å². The summed E-state index contributed by atoms with van der Waals surface area (Å²) in [5.41, 5.74) is 0.415. The van der Waals surface area contributed by atoms with Crippen LogP contribution in [-0.2, 0) is 0 Å². The van der Waals surface area contributed by atoms with Crippen LogP contribution in [-0.4, -0.2) is 6.04 Å². The van der Waals surface area contributed by atoms with Gasteiger partial charge in [0.25, 0.3) is 0 Å². The van der Waals surface area contributed by atoms with Gasteiger partial charge >= 0.3 is 0 Å². The van der Waals surface area contributed by atoms with Crippen molar-refractivity contribution < 1.29 is 8.78 Å². The van der Waals surface area contributed by atoms with Gasteiger partial charge in [-0.15, -0.1) is 0 Å². The predicted molar refractivity (Wildman–Crippen MR) is 65.9 cm³/mol. The lowest BCUT2D eigenvalue weighted by atomic mass is 9.80. The fourth-order valence-electron chi connectivity index (χ4n) is 2.69. The molecule has 2 rings (SSSR count). The molecule has 1 N–H and O–H groups in total. The van der Waals surface area contributed by atoms with Crippen LogP contribution in [0.4, 0.5) is 14.5 Å². The Hall–Kier alpha value is -1.12. The van der Waals surface area contributed by atoms with Gasteiger partial charge in [0.15, 0.2) is 0 Å². The highest BCUT2D eigenvalue weighted by Crippen LogP contribution is 2.31. The molecular formula is C14H19F2N. The molecule has 0 amide bonds. The van der Waals surface area contributed by atoms with Crippen LogP contribution >= 0.6 is 0 Å². The number of halogens is 2. The molecule has 1 aromatic rings. The molecule has 0 heterocycles. The number of benzene rings is 1. The van der Waals surface area contributed by atoms with Gasteiger partial charge in [0, 0.05) is 12.1 Å². The molecule has 3 atom stereocenters. The van der Waals surface area contributed by atoms with Crippen LogP contribution in [0.25, 0.3) is 0 Å². The second-order valence-electron chi connectivity index (χ2n) is 5.27. The molecule has 0 spiro atoms. The van der Waals surface area contributed by atoms with Gasteiger partial charge in [0.2, 0.25) is 0 Å². The minimum absolute atomic E-state index is 0.297. The maximum atomic E-state index is 13.5. The van der Waals surface area contributed by atoms with Gasteiger partial charge in [-0.3, -0.25) is 0 Å². The van der Waals surface area contributed by atoms with E-state index in [1.165, 1.54) is 25.0 Å². The highest BCUT2D eigenvalue weighted by molar-refractivity contribution is 5.45. The summed E-state index contributed by atoms with van der Waals surface area (Å²) in [6.45, 7) is 4.44. The zero-order valence-electron chi connectivity index (χ0n) is 10.3. The number of hydrogen-bond donors (Lipinski definition) is 1. The van der Waals surface area contributed by atoms with Crippen LogP contribution in [0.3, 0.4) is 0 Å². The quantitative estimate of drug-likeness (QED) is 0.815. The Labute approximate surface area is 101 Å². The molecule has 1 nitrogen and oxygen atoms in total. The molecule has 0 aromatic heterocycles. The minimum atomic E-state index is -0.529. The van der Waals surface area contributed by atoms with Crippen LogP contribution in [0.15, 0.2) is 18.2 Å². The summed E-state index contributed by atoms with van der Waals surface area (Å²) < 4.78 is 26.3. The van der Waals surface area contributed by atoms with Crippen molar-refractivity contribution in [3.63, 3.8) is 0 Å². The maximum absolute atomic E-state index is 13.5. The predicted octanol–water partition coefficient (Wildman–Crippen LogP) is 4.20. The highest BCUT2D eigenvalue weighted by atomic mass is 19.1. The van der Waals surface area contributed by atoms with E-state index in [9.17, 15) is 8.78 Å². The Kier molecular flexibility index (Phi) is 3.65. The Morgan fingerprint density at radius 3 is 2.59 bits per heavy atom. The van der Waals surface area contributed by atoms with Gasteiger partial charge in [-0.2, -0.15) is 0 Å². The zero-order valence-corrected chi connectivity index (χ0v) is 10.3. The van der Waals surface area contributed by atoms with E-state index in [-0.39, 0.29) is 0 Å². The third kappa shape index (κ3) is 2.96. The van der Waals surface area contributed by atoms with Crippen LogP contribution < -0.4 is 5.32 Å². The minimum Gasteiger partial charge on any atom is -0.380 e. The molecular weight excluding hydrogens is 220 g/mol. The van der Waals surface area contributed by atoms with E-state index in [4.69, 9.17) is 0 Å². The normalized spacial score (nSPS) is 29.1. The lowest BCUT2D eigenvalue weighted by molar-refractivity contribution is 0.276. The van der Waals surface area contributed by atoms with Gasteiger partial charge in [-0.25, -0.2) is 8.78 Å². The Morgan fingerprint density at radius 2 is 1.94 bits per heavy atom. The van der Waals surface area contributed by atoms with E-state index >= 15 is 0 Å². The first-order chi connectivity index (χ1) is 8.06. The Balaban J connectivity index is 2.05. The first kappa shape index (κ1) is 12.3. The monoisotopic (exact) mass is 239 g/mol. The van der Waals surface area contributed by atoms with Gasteiger partial charge in [-0.1, -0.05) is 13.8 Å². The third-order valence-corrected chi connectivity index (χ3v) is 3.70. The molecule has 3 unspecified atom stereocenters. The van der Waals surface area contributed by atoms with Crippen molar-refractivity contribution in [2.45, 2.75) is 39.2 Å². The van der Waals surface area contributed by atoms with E-state index in [2.05, 4.69) is 19.2 Å². The molecule has 1 aliphatic rings. The largest absolute Gasteiger partial charge is 0.380 e. The van der Waals surface area contributed by atoms with Crippen LogP contribution in [0.5, 0.6) is 0 Å². The molecule has 0 bridgehead atoms. The lowest BCUT2D eigenvalue weighted by Gasteiger charge is -2.33. The summed E-state index contributed by atoms with van der Waals surface area (Å²) in [4.78, 5) is 0. The molecule has 1 aliphatic carbocycles. The third-order valence-electron chi connectivity index (χ3n) is 3.70.